The molecule has 18 heavy (non-hydrogen) atoms. The molecule has 1 N–H and O–H groups in total. The predicted molar refractivity (Wildman–Crippen MR) is 70.8 cm³/mol. The van der Waals surface area contributed by atoms with Crippen molar-refractivity contribution in [1.82, 2.24) is 9.97 Å². The lowest BCUT2D eigenvalue weighted by atomic mass is 10.2. The zero-order chi connectivity index (χ0) is 13.1. The third-order valence-corrected chi connectivity index (χ3v) is 2.78. The van der Waals surface area contributed by atoms with Gasteiger partial charge in [0.1, 0.15) is 23.8 Å². The lowest BCUT2D eigenvalue weighted by Gasteiger charge is -2.19. The van der Waals surface area contributed by atoms with E-state index in [0.29, 0.717) is 5.56 Å². The maximum Gasteiger partial charge on any atom is 0.138 e. The third-order valence-electron chi connectivity index (χ3n) is 2.78. The number of benzene rings is 1. The van der Waals surface area contributed by atoms with Gasteiger partial charge in [-0.1, -0.05) is 0 Å². The molecule has 1 aromatic carbocycles. The average molecular weight is 246 g/mol. The zero-order valence-electron chi connectivity index (χ0n) is 10.6. The second kappa shape index (κ2) is 5.00. The summed E-state index contributed by atoms with van der Waals surface area (Å²) in [4.78, 5) is 10.1. The molecule has 0 aliphatic rings. The molecule has 0 bridgehead atoms. The van der Waals surface area contributed by atoms with E-state index in [1.165, 1.54) is 12.4 Å². The van der Waals surface area contributed by atoms with Crippen molar-refractivity contribution in [2.24, 2.45) is 0 Å². The molecule has 0 atom stereocenters. The van der Waals surface area contributed by atoms with Crippen molar-refractivity contribution in [3.8, 4) is 0 Å². The molecule has 0 aliphatic carbocycles. The Hall–Kier alpha value is -2.17. The van der Waals surface area contributed by atoms with Crippen molar-refractivity contribution in [3.63, 3.8) is 0 Å². The molecule has 0 aliphatic heterocycles. The van der Waals surface area contributed by atoms with E-state index in [-0.39, 0.29) is 5.82 Å². The molecule has 0 unspecified atom stereocenters. The maximum atomic E-state index is 13.2. The normalized spacial score (nSPS) is 10.2. The van der Waals surface area contributed by atoms with Crippen molar-refractivity contribution in [1.29, 1.82) is 0 Å². The van der Waals surface area contributed by atoms with E-state index in [1.54, 1.807) is 26.1 Å². The molecule has 0 amide bonds. The molecule has 2 rings (SSSR count). The molecular weight excluding hydrogens is 231 g/mol. The molecule has 0 fully saturated rings. The third kappa shape index (κ3) is 2.40. The lowest BCUT2D eigenvalue weighted by molar-refractivity contribution is 0.618. The predicted octanol–water partition coefficient (Wildman–Crippen LogP) is 2.73. The molecule has 0 radical (unpaired) electrons. The Balaban J connectivity index is 2.34. The fourth-order valence-corrected chi connectivity index (χ4v) is 1.64. The van der Waals surface area contributed by atoms with Crippen LogP contribution in [0.15, 0.2) is 30.6 Å². The fraction of sp³-hybridized carbons (Fsp3) is 0.231. The number of hydrogen-bond donors (Lipinski definition) is 1. The van der Waals surface area contributed by atoms with Crippen LogP contribution in [-0.2, 0) is 0 Å². The van der Waals surface area contributed by atoms with Gasteiger partial charge in [0.25, 0.3) is 0 Å². The Labute approximate surface area is 105 Å². The van der Waals surface area contributed by atoms with E-state index in [2.05, 4.69) is 15.3 Å². The van der Waals surface area contributed by atoms with Crippen LogP contribution in [0.25, 0.3) is 0 Å². The highest BCUT2D eigenvalue weighted by Gasteiger charge is 2.08. The van der Waals surface area contributed by atoms with Crippen molar-refractivity contribution in [3.05, 3.63) is 42.0 Å². The van der Waals surface area contributed by atoms with E-state index in [9.17, 15) is 4.39 Å². The van der Waals surface area contributed by atoms with Gasteiger partial charge in [-0.25, -0.2) is 14.4 Å². The van der Waals surface area contributed by atoms with Gasteiger partial charge in [0.2, 0.25) is 0 Å². The fourth-order valence-electron chi connectivity index (χ4n) is 1.64. The van der Waals surface area contributed by atoms with Gasteiger partial charge in [0.05, 0.1) is 0 Å². The van der Waals surface area contributed by atoms with Crippen molar-refractivity contribution < 1.29 is 4.39 Å². The molecule has 94 valence electrons. The number of aromatic nitrogens is 2. The summed E-state index contributed by atoms with van der Waals surface area (Å²) in [5.41, 5.74) is 1.50. The van der Waals surface area contributed by atoms with Crippen LogP contribution >= 0.6 is 0 Å². The Morgan fingerprint density at radius 3 is 2.67 bits per heavy atom. The SMILES string of the molecule is CNc1cc(N(C)c2ccc(F)c(C)c2)ncn1. The summed E-state index contributed by atoms with van der Waals surface area (Å²) in [6.45, 7) is 1.74. The molecular formula is C13H15FN4. The van der Waals surface area contributed by atoms with Crippen LogP contribution < -0.4 is 10.2 Å². The topological polar surface area (TPSA) is 41.0 Å². The number of aryl methyl sites for hydroxylation is 1. The Morgan fingerprint density at radius 1 is 1.22 bits per heavy atom. The second-order valence-electron chi connectivity index (χ2n) is 4.00. The summed E-state index contributed by atoms with van der Waals surface area (Å²) in [5.74, 6) is 1.29. The Kier molecular flexibility index (Phi) is 3.41. The first kappa shape index (κ1) is 12.3. The van der Waals surface area contributed by atoms with Gasteiger partial charge in [0, 0.05) is 25.8 Å². The Morgan fingerprint density at radius 2 is 2.00 bits per heavy atom. The molecule has 0 saturated carbocycles. The van der Waals surface area contributed by atoms with Gasteiger partial charge in [0.15, 0.2) is 0 Å². The van der Waals surface area contributed by atoms with E-state index < -0.39 is 0 Å². The Bertz CT molecular complexity index is 556. The number of anilines is 3. The minimum atomic E-state index is -0.203. The average Bonchev–Trinajstić information content (AvgIpc) is 2.41. The van der Waals surface area contributed by atoms with Crippen LogP contribution in [0, 0.1) is 12.7 Å². The molecule has 1 aromatic heterocycles. The van der Waals surface area contributed by atoms with Crippen molar-refractivity contribution in [2.45, 2.75) is 6.92 Å². The summed E-state index contributed by atoms with van der Waals surface area (Å²) >= 11 is 0. The van der Waals surface area contributed by atoms with E-state index in [0.717, 1.165) is 17.3 Å². The van der Waals surface area contributed by atoms with Gasteiger partial charge >= 0.3 is 0 Å². The quantitative estimate of drug-likeness (QED) is 0.904. The smallest absolute Gasteiger partial charge is 0.138 e. The van der Waals surface area contributed by atoms with Gasteiger partial charge in [-0.3, -0.25) is 0 Å². The minimum absolute atomic E-state index is 0.203. The largest absolute Gasteiger partial charge is 0.373 e. The monoisotopic (exact) mass is 246 g/mol. The molecule has 0 spiro atoms. The van der Waals surface area contributed by atoms with Crippen molar-refractivity contribution >= 4 is 17.3 Å². The highest BCUT2D eigenvalue weighted by atomic mass is 19.1. The molecule has 1 heterocycles. The zero-order valence-corrected chi connectivity index (χ0v) is 10.6. The molecule has 5 heteroatoms. The van der Waals surface area contributed by atoms with Crippen LogP contribution in [0.1, 0.15) is 5.56 Å². The number of rotatable bonds is 3. The first-order valence-corrected chi connectivity index (χ1v) is 5.61. The van der Waals surface area contributed by atoms with E-state index in [4.69, 9.17) is 0 Å². The summed E-state index contributed by atoms with van der Waals surface area (Å²) < 4.78 is 13.2. The van der Waals surface area contributed by atoms with Crippen LogP contribution in [0.4, 0.5) is 21.7 Å². The molecule has 4 nitrogen and oxygen atoms in total. The number of nitrogens with zero attached hydrogens (tertiary/aromatic N) is 3. The van der Waals surface area contributed by atoms with Gasteiger partial charge in [-0.15, -0.1) is 0 Å². The van der Waals surface area contributed by atoms with E-state index >= 15 is 0 Å². The summed E-state index contributed by atoms with van der Waals surface area (Å²) in [6.07, 6.45) is 1.49. The van der Waals surface area contributed by atoms with Crippen LogP contribution in [-0.4, -0.2) is 24.1 Å². The highest BCUT2D eigenvalue weighted by molar-refractivity contribution is 5.62. The van der Waals surface area contributed by atoms with E-state index in [1.807, 2.05) is 18.0 Å². The summed E-state index contributed by atoms with van der Waals surface area (Å²) in [7, 11) is 3.68. The highest BCUT2D eigenvalue weighted by Crippen LogP contribution is 2.24. The second-order valence-corrected chi connectivity index (χ2v) is 4.00. The van der Waals surface area contributed by atoms with Crippen molar-refractivity contribution in [2.75, 3.05) is 24.3 Å². The molecule has 2 aromatic rings. The lowest BCUT2D eigenvalue weighted by Crippen LogP contribution is -2.12. The summed E-state index contributed by atoms with van der Waals surface area (Å²) in [6, 6.07) is 6.81. The molecule has 0 saturated heterocycles. The number of hydrogen-bond acceptors (Lipinski definition) is 4. The van der Waals surface area contributed by atoms with Gasteiger partial charge < -0.3 is 10.2 Å². The van der Waals surface area contributed by atoms with Gasteiger partial charge in [-0.2, -0.15) is 0 Å². The standard InChI is InChI=1S/C13H15FN4/c1-9-6-10(4-5-11(9)14)18(3)13-7-12(15-2)16-8-17-13/h4-8H,1-3H3,(H,15,16,17). The number of halogens is 1. The minimum Gasteiger partial charge on any atom is -0.373 e. The van der Waals surface area contributed by atoms with Crippen LogP contribution in [0.5, 0.6) is 0 Å². The first-order chi connectivity index (χ1) is 8.61. The van der Waals surface area contributed by atoms with Crippen LogP contribution in [0.2, 0.25) is 0 Å². The maximum absolute atomic E-state index is 13.2. The number of nitrogens with one attached hydrogen (secondary N) is 1. The first-order valence-electron chi connectivity index (χ1n) is 5.61. The van der Waals surface area contributed by atoms with Gasteiger partial charge in [-0.05, 0) is 30.7 Å². The summed E-state index contributed by atoms with van der Waals surface area (Å²) in [5, 5.41) is 2.96. The van der Waals surface area contributed by atoms with Crippen LogP contribution in [0.3, 0.4) is 0 Å².